The molecule has 2 aromatic carbocycles. The van der Waals surface area contributed by atoms with Crippen LogP contribution in [0.2, 0.25) is 0 Å². The molecular weight excluding hydrogens is 328 g/mol. The Hall–Kier alpha value is -1.66. The first kappa shape index (κ1) is 16.2. The van der Waals surface area contributed by atoms with Gasteiger partial charge >= 0.3 is 0 Å². The molecule has 23 heavy (non-hydrogen) atoms. The molecule has 4 nitrogen and oxygen atoms in total. The number of nitrogens with one attached hydrogen (secondary N) is 2. The van der Waals surface area contributed by atoms with Crippen LogP contribution in [0.5, 0.6) is 0 Å². The molecule has 0 radical (unpaired) electrons. The summed E-state index contributed by atoms with van der Waals surface area (Å²) in [6.07, 6.45) is 2.21. The van der Waals surface area contributed by atoms with Crippen LogP contribution in [0.15, 0.2) is 47.4 Å². The van der Waals surface area contributed by atoms with E-state index in [0.29, 0.717) is 5.69 Å². The largest absolute Gasteiger partial charge is 0.378 e. The maximum absolute atomic E-state index is 11.5. The first-order valence-corrected chi connectivity index (χ1v) is 10.4. The topological polar surface area (TPSA) is 58.2 Å². The zero-order chi connectivity index (χ0) is 16.4. The van der Waals surface area contributed by atoms with Crippen molar-refractivity contribution in [2.24, 2.45) is 0 Å². The van der Waals surface area contributed by atoms with Crippen molar-refractivity contribution in [1.29, 1.82) is 0 Å². The van der Waals surface area contributed by atoms with Crippen molar-refractivity contribution >= 4 is 33.2 Å². The molecule has 6 heteroatoms. The number of rotatable bonds is 4. The minimum atomic E-state index is -3.28. The van der Waals surface area contributed by atoms with E-state index in [1.54, 1.807) is 0 Å². The van der Waals surface area contributed by atoms with E-state index in [1.807, 2.05) is 36.9 Å². The highest BCUT2D eigenvalue weighted by molar-refractivity contribution is 7.99. The summed E-state index contributed by atoms with van der Waals surface area (Å²) in [5.74, 6) is 1.08. The number of fused-ring (bicyclic) bond motifs is 1. The lowest BCUT2D eigenvalue weighted by Gasteiger charge is -2.27. The van der Waals surface area contributed by atoms with Crippen molar-refractivity contribution in [3.8, 4) is 0 Å². The van der Waals surface area contributed by atoms with E-state index in [1.165, 1.54) is 16.7 Å². The van der Waals surface area contributed by atoms with Crippen LogP contribution >= 0.6 is 11.8 Å². The SMILES string of the molecule is Cc1ccc(N[C@@H]2CCSc3ccccc32)cc1NS(C)(=O)=O. The van der Waals surface area contributed by atoms with Gasteiger partial charge in [-0.25, -0.2) is 8.42 Å². The van der Waals surface area contributed by atoms with E-state index in [2.05, 4.69) is 34.3 Å². The summed E-state index contributed by atoms with van der Waals surface area (Å²) in [6.45, 7) is 1.89. The summed E-state index contributed by atoms with van der Waals surface area (Å²) in [4.78, 5) is 1.32. The van der Waals surface area contributed by atoms with Gasteiger partial charge in [0.15, 0.2) is 0 Å². The minimum Gasteiger partial charge on any atom is -0.378 e. The van der Waals surface area contributed by atoms with Crippen LogP contribution in [-0.2, 0) is 10.0 Å². The predicted molar refractivity (Wildman–Crippen MR) is 97.8 cm³/mol. The molecular formula is C17H20N2O2S2. The van der Waals surface area contributed by atoms with E-state index in [9.17, 15) is 8.42 Å². The van der Waals surface area contributed by atoms with E-state index in [0.717, 1.165) is 23.4 Å². The Morgan fingerprint density at radius 3 is 2.74 bits per heavy atom. The first-order valence-electron chi connectivity index (χ1n) is 7.49. The lowest BCUT2D eigenvalue weighted by atomic mass is 10.0. The fourth-order valence-corrected chi connectivity index (χ4v) is 4.46. The lowest BCUT2D eigenvalue weighted by Crippen LogP contribution is -2.16. The average molecular weight is 348 g/mol. The summed E-state index contributed by atoms with van der Waals surface area (Å²) >= 11 is 1.88. The maximum atomic E-state index is 11.5. The van der Waals surface area contributed by atoms with Crippen molar-refractivity contribution in [3.05, 3.63) is 53.6 Å². The molecule has 0 aromatic heterocycles. The van der Waals surface area contributed by atoms with Crippen molar-refractivity contribution in [1.82, 2.24) is 0 Å². The molecule has 1 aliphatic rings. The van der Waals surface area contributed by atoms with Crippen LogP contribution in [0.4, 0.5) is 11.4 Å². The van der Waals surface area contributed by atoms with Gasteiger partial charge in [0.25, 0.3) is 0 Å². The third-order valence-electron chi connectivity index (χ3n) is 3.83. The number of sulfonamides is 1. The molecule has 0 fully saturated rings. The quantitative estimate of drug-likeness (QED) is 0.876. The summed E-state index contributed by atoms with van der Waals surface area (Å²) in [6, 6.07) is 14.5. The van der Waals surface area contributed by atoms with Gasteiger partial charge < -0.3 is 5.32 Å². The Morgan fingerprint density at radius 2 is 1.96 bits per heavy atom. The van der Waals surface area contributed by atoms with Gasteiger partial charge in [-0.15, -0.1) is 11.8 Å². The van der Waals surface area contributed by atoms with Crippen molar-refractivity contribution in [2.45, 2.75) is 24.3 Å². The van der Waals surface area contributed by atoms with Crippen LogP contribution in [-0.4, -0.2) is 20.4 Å². The Labute approximate surface area is 141 Å². The molecule has 2 aromatic rings. The van der Waals surface area contributed by atoms with Crippen molar-refractivity contribution < 1.29 is 8.42 Å². The Morgan fingerprint density at radius 1 is 1.17 bits per heavy atom. The predicted octanol–water partition coefficient (Wildman–Crippen LogP) is 4.02. The van der Waals surface area contributed by atoms with E-state index < -0.39 is 10.0 Å². The molecule has 0 amide bonds. The van der Waals surface area contributed by atoms with Gasteiger partial charge in [-0.2, -0.15) is 0 Å². The van der Waals surface area contributed by atoms with Crippen molar-refractivity contribution in [2.75, 3.05) is 22.0 Å². The zero-order valence-corrected chi connectivity index (χ0v) is 14.8. The molecule has 3 rings (SSSR count). The fourth-order valence-electron chi connectivity index (χ4n) is 2.71. The molecule has 1 atom stereocenters. The Balaban J connectivity index is 1.85. The second-order valence-corrected chi connectivity index (χ2v) is 8.66. The first-order chi connectivity index (χ1) is 10.9. The Bertz CT molecular complexity index is 819. The van der Waals surface area contributed by atoms with Crippen LogP contribution in [0, 0.1) is 6.92 Å². The Kier molecular flexibility index (Phi) is 4.55. The molecule has 1 aliphatic heterocycles. The minimum absolute atomic E-state index is 0.251. The van der Waals surface area contributed by atoms with E-state index >= 15 is 0 Å². The van der Waals surface area contributed by atoms with Crippen molar-refractivity contribution in [3.63, 3.8) is 0 Å². The highest BCUT2D eigenvalue weighted by Crippen LogP contribution is 2.38. The molecule has 0 bridgehead atoms. The zero-order valence-electron chi connectivity index (χ0n) is 13.2. The molecule has 2 N–H and O–H groups in total. The summed E-state index contributed by atoms with van der Waals surface area (Å²) in [5.41, 5.74) is 3.76. The van der Waals surface area contributed by atoms with Gasteiger partial charge in [0, 0.05) is 16.3 Å². The summed E-state index contributed by atoms with van der Waals surface area (Å²) < 4.78 is 25.5. The standard InChI is InChI=1S/C17H20N2O2S2/c1-12-7-8-13(11-16(12)19-23(2,20)21)18-15-9-10-22-17-6-4-3-5-14(15)17/h3-8,11,15,18-19H,9-10H2,1-2H3/t15-/m1/s1. The van der Waals surface area contributed by atoms with Gasteiger partial charge in [0.05, 0.1) is 18.0 Å². The summed E-state index contributed by atoms with van der Waals surface area (Å²) in [5, 5.41) is 3.54. The van der Waals surface area contributed by atoms with Crippen LogP contribution in [0.3, 0.4) is 0 Å². The average Bonchev–Trinajstić information content (AvgIpc) is 2.50. The number of anilines is 2. The molecule has 122 valence electrons. The molecule has 0 unspecified atom stereocenters. The number of aryl methyl sites for hydroxylation is 1. The smallest absolute Gasteiger partial charge is 0.229 e. The van der Waals surface area contributed by atoms with Gasteiger partial charge in [-0.05, 0) is 42.7 Å². The number of benzene rings is 2. The van der Waals surface area contributed by atoms with Gasteiger partial charge in [0.2, 0.25) is 10.0 Å². The van der Waals surface area contributed by atoms with Gasteiger partial charge in [-0.3, -0.25) is 4.72 Å². The van der Waals surface area contributed by atoms with Crippen LogP contribution in [0.1, 0.15) is 23.6 Å². The van der Waals surface area contributed by atoms with E-state index in [-0.39, 0.29) is 6.04 Å². The van der Waals surface area contributed by atoms with Crippen LogP contribution in [0.25, 0.3) is 0 Å². The second kappa shape index (κ2) is 6.45. The van der Waals surface area contributed by atoms with Gasteiger partial charge in [0.1, 0.15) is 0 Å². The third-order valence-corrected chi connectivity index (χ3v) is 5.55. The monoisotopic (exact) mass is 348 g/mol. The maximum Gasteiger partial charge on any atom is 0.229 e. The summed E-state index contributed by atoms with van der Waals surface area (Å²) in [7, 11) is -3.28. The fraction of sp³-hybridized carbons (Fsp3) is 0.294. The third kappa shape index (κ3) is 4.00. The van der Waals surface area contributed by atoms with E-state index in [4.69, 9.17) is 0 Å². The normalized spacial score (nSPS) is 17.4. The van der Waals surface area contributed by atoms with Gasteiger partial charge in [-0.1, -0.05) is 24.3 Å². The highest BCUT2D eigenvalue weighted by Gasteiger charge is 2.20. The molecule has 1 heterocycles. The molecule has 0 saturated heterocycles. The number of hydrogen-bond acceptors (Lipinski definition) is 4. The van der Waals surface area contributed by atoms with Crippen LogP contribution < -0.4 is 10.0 Å². The number of thioether (sulfide) groups is 1. The second-order valence-electron chi connectivity index (χ2n) is 5.78. The molecule has 0 aliphatic carbocycles. The molecule has 0 saturated carbocycles. The molecule has 0 spiro atoms. The number of hydrogen-bond donors (Lipinski definition) is 2. The lowest BCUT2D eigenvalue weighted by molar-refractivity contribution is 0.607. The highest BCUT2D eigenvalue weighted by atomic mass is 32.2.